The summed E-state index contributed by atoms with van der Waals surface area (Å²) in [5.41, 5.74) is 1.86. The molecule has 0 unspecified atom stereocenters. The van der Waals surface area contributed by atoms with E-state index in [1.165, 1.54) is 0 Å². The molecule has 0 saturated heterocycles. The lowest BCUT2D eigenvalue weighted by Gasteiger charge is -2.14. The normalized spacial score (nSPS) is 10.8. The summed E-state index contributed by atoms with van der Waals surface area (Å²) in [6.45, 7) is 3.16. The van der Waals surface area contributed by atoms with Crippen molar-refractivity contribution in [2.45, 2.75) is 26.2 Å². The van der Waals surface area contributed by atoms with E-state index in [2.05, 4.69) is 11.9 Å². The number of aromatic amines is 1. The average Bonchev–Trinajstić information content (AvgIpc) is 3.20. The zero-order chi connectivity index (χ0) is 24.6. The number of H-pyrrole nitrogens is 1. The number of thiazole rings is 1. The SMILES string of the molecule is CCCc1cc(Oc2ccc(Cl)cc2)ccc1OCCCOc1ccc(-c2sc(=O)[nH]c2O)cc1. The zero-order valence-electron chi connectivity index (χ0n) is 19.3. The van der Waals surface area contributed by atoms with E-state index in [1.54, 1.807) is 12.1 Å². The monoisotopic (exact) mass is 511 g/mol. The van der Waals surface area contributed by atoms with Crippen LogP contribution in [0, 0.1) is 0 Å². The summed E-state index contributed by atoms with van der Waals surface area (Å²) in [6.07, 6.45) is 2.61. The number of benzene rings is 3. The van der Waals surface area contributed by atoms with Crippen LogP contribution >= 0.6 is 22.9 Å². The molecule has 0 aliphatic heterocycles. The molecule has 0 spiro atoms. The minimum absolute atomic E-state index is 0.113. The summed E-state index contributed by atoms with van der Waals surface area (Å²) in [6, 6.07) is 20.4. The van der Waals surface area contributed by atoms with Gasteiger partial charge in [-0.05, 0) is 84.3 Å². The number of aromatic hydroxyl groups is 1. The number of aromatic nitrogens is 1. The Kier molecular flexibility index (Phi) is 8.34. The van der Waals surface area contributed by atoms with Crippen molar-refractivity contribution < 1.29 is 19.3 Å². The fourth-order valence-electron chi connectivity index (χ4n) is 3.51. The van der Waals surface area contributed by atoms with Gasteiger partial charge in [-0.1, -0.05) is 36.3 Å². The van der Waals surface area contributed by atoms with Crippen LogP contribution in [0.2, 0.25) is 5.02 Å². The van der Waals surface area contributed by atoms with E-state index >= 15 is 0 Å². The van der Waals surface area contributed by atoms with Crippen molar-refractivity contribution in [2.75, 3.05) is 13.2 Å². The molecule has 2 N–H and O–H groups in total. The number of aryl methyl sites for hydroxylation is 1. The molecule has 4 rings (SSSR count). The van der Waals surface area contributed by atoms with Gasteiger partial charge in [0.2, 0.25) is 5.88 Å². The molecule has 1 heterocycles. The molecule has 0 radical (unpaired) electrons. The Balaban J connectivity index is 1.27. The number of halogens is 1. The minimum Gasteiger partial charge on any atom is -0.493 e. The Bertz CT molecular complexity index is 1300. The molecular weight excluding hydrogens is 486 g/mol. The van der Waals surface area contributed by atoms with Crippen molar-refractivity contribution in [3.63, 3.8) is 0 Å². The topological polar surface area (TPSA) is 80.8 Å². The van der Waals surface area contributed by atoms with E-state index in [4.69, 9.17) is 25.8 Å². The van der Waals surface area contributed by atoms with E-state index in [-0.39, 0.29) is 10.8 Å². The van der Waals surface area contributed by atoms with Crippen molar-refractivity contribution in [1.29, 1.82) is 0 Å². The Morgan fingerprint density at radius 2 is 1.60 bits per heavy atom. The second kappa shape index (κ2) is 11.8. The largest absolute Gasteiger partial charge is 0.493 e. The van der Waals surface area contributed by atoms with Crippen molar-refractivity contribution in [1.82, 2.24) is 4.98 Å². The summed E-state index contributed by atoms with van der Waals surface area (Å²) in [5.74, 6) is 2.95. The summed E-state index contributed by atoms with van der Waals surface area (Å²) >= 11 is 6.91. The van der Waals surface area contributed by atoms with E-state index in [0.717, 1.165) is 59.0 Å². The Morgan fingerprint density at radius 1 is 0.914 bits per heavy atom. The highest BCUT2D eigenvalue weighted by Crippen LogP contribution is 2.31. The van der Waals surface area contributed by atoms with Gasteiger partial charge in [0.1, 0.15) is 23.0 Å². The molecule has 0 fully saturated rings. The molecule has 3 aromatic carbocycles. The maximum Gasteiger partial charge on any atom is 0.307 e. The van der Waals surface area contributed by atoms with Crippen molar-refractivity contribution in [3.8, 4) is 39.3 Å². The first-order valence-electron chi connectivity index (χ1n) is 11.4. The highest BCUT2D eigenvalue weighted by molar-refractivity contribution is 7.13. The van der Waals surface area contributed by atoms with Gasteiger partial charge < -0.3 is 19.3 Å². The van der Waals surface area contributed by atoms with Gasteiger partial charge in [-0.3, -0.25) is 9.78 Å². The third-order valence-corrected chi connectivity index (χ3v) is 6.34. The van der Waals surface area contributed by atoms with Crippen LogP contribution in [0.5, 0.6) is 28.9 Å². The third kappa shape index (κ3) is 6.81. The van der Waals surface area contributed by atoms with E-state index in [9.17, 15) is 9.90 Å². The van der Waals surface area contributed by atoms with E-state index in [1.807, 2.05) is 54.6 Å². The molecule has 182 valence electrons. The van der Waals surface area contributed by atoms with Crippen LogP contribution in [-0.4, -0.2) is 23.3 Å². The Morgan fingerprint density at radius 3 is 2.29 bits per heavy atom. The van der Waals surface area contributed by atoms with Crippen molar-refractivity contribution >= 4 is 22.9 Å². The van der Waals surface area contributed by atoms with Gasteiger partial charge >= 0.3 is 4.87 Å². The lowest BCUT2D eigenvalue weighted by Crippen LogP contribution is -2.06. The van der Waals surface area contributed by atoms with Crippen molar-refractivity contribution in [3.05, 3.63) is 87.0 Å². The summed E-state index contributed by atoms with van der Waals surface area (Å²) < 4.78 is 17.8. The van der Waals surface area contributed by atoms with Crippen LogP contribution in [0.3, 0.4) is 0 Å². The lowest BCUT2D eigenvalue weighted by molar-refractivity contribution is 0.246. The first-order chi connectivity index (χ1) is 17.0. The fraction of sp³-hybridized carbons (Fsp3) is 0.222. The maximum absolute atomic E-state index is 11.4. The molecule has 0 saturated carbocycles. The molecule has 8 heteroatoms. The van der Waals surface area contributed by atoms with Gasteiger partial charge in [0.25, 0.3) is 0 Å². The second-order valence-corrected chi connectivity index (χ2v) is 9.26. The molecule has 0 bridgehead atoms. The standard InChI is InChI=1S/C27H26ClNO5S/c1-2-4-19-17-23(34-22-11-7-20(28)8-12-22)13-14-24(19)33-16-3-15-32-21-9-5-18(6-10-21)25-26(30)29-27(31)35-25/h5-14,17,30H,2-4,15-16H2,1H3,(H,29,31). The summed E-state index contributed by atoms with van der Waals surface area (Å²) in [5, 5.41) is 10.5. The molecule has 0 amide bonds. The fourth-order valence-corrected chi connectivity index (χ4v) is 4.37. The van der Waals surface area contributed by atoms with Crippen LogP contribution in [-0.2, 0) is 6.42 Å². The second-order valence-electron chi connectivity index (χ2n) is 7.84. The molecule has 0 aliphatic rings. The Labute approximate surface area is 212 Å². The van der Waals surface area contributed by atoms with Gasteiger partial charge in [-0.2, -0.15) is 0 Å². The molecule has 6 nitrogen and oxygen atoms in total. The average molecular weight is 512 g/mol. The number of hydrogen-bond acceptors (Lipinski definition) is 6. The first kappa shape index (κ1) is 24.7. The van der Waals surface area contributed by atoms with E-state index in [0.29, 0.717) is 28.9 Å². The summed E-state index contributed by atoms with van der Waals surface area (Å²) in [4.78, 5) is 14.0. The number of hydrogen-bond donors (Lipinski definition) is 2. The highest BCUT2D eigenvalue weighted by Gasteiger charge is 2.10. The van der Waals surface area contributed by atoms with Gasteiger partial charge in [0.15, 0.2) is 0 Å². The number of nitrogens with one attached hydrogen (secondary N) is 1. The maximum atomic E-state index is 11.4. The van der Waals surface area contributed by atoms with Crippen LogP contribution in [0.4, 0.5) is 0 Å². The van der Waals surface area contributed by atoms with E-state index < -0.39 is 0 Å². The third-order valence-electron chi connectivity index (χ3n) is 5.16. The quantitative estimate of drug-likeness (QED) is 0.211. The smallest absolute Gasteiger partial charge is 0.307 e. The lowest BCUT2D eigenvalue weighted by atomic mass is 10.1. The first-order valence-corrected chi connectivity index (χ1v) is 12.6. The zero-order valence-corrected chi connectivity index (χ0v) is 20.8. The number of ether oxygens (including phenoxy) is 3. The van der Waals surface area contributed by atoms with Crippen LogP contribution in [0.1, 0.15) is 25.3 Å². The molecular formula is C27H26ClNO5S. The van der Waals surface area contributed by atoms with Gasteiger partial charge in [0, 0.05) is 11.4 Å². The molecule has 1 aromatic heterocycles. The molecule has 0 aliphatic carbocycles. The van der Waals surface area contributed by atoms with Gasteiger partial charge in [-0.25, -0.2) is 0 Å². The summed E-state index contributed by atoms with van der Waals surface area (Å²) in [7, 11) is 0. The Hall–Kier alpha value is -3.42. The van der Waals surface area contributed by atoms with Crippen LogP contribution in [0.15, 0.2) is 71.5 Å². The van der Waals surface area contributed by atoms with Gasteiger partial charge in [-0.15, -0.1) is 0 Å². The van der Waals surface area contributed by atoms with Crippen LogP contribution < -0.4 is 19.1 Å². The minimum atomic E-state index is -0.288. The number of rotatable bonds is 11. The van der Waals surface area contributed by atoms with Crippen molar-refractivity contribution in [2.24, 2.45) is 0 Å². The molecule has 4 aromatic rings. The highest BCUT2D eigenvalue weighted by atomic mass is 35.5. The molecule has 0 atom stereocenters. The predicted molar refractivity (Wildman–Crippen MR) is 140 cm³/mol. The van der Waals surface area contributed by atoms with Crippen LogP contribution in [0.25, 0.3) is 10.4 Å². The van der Waals surface area contributed by atoms with Gasteiger partial charge in [0.05, 0.1) is 18.1 Å². The predicted octanol–water partition coefficient (Wildman–Crippen LogP) is 7.06. The molecule has 35 heavy (non-hydrogen) atoms.